The maximum atomic E-state index is 5.81. The predicted molar refractivity (Wildman–Crippen MR) is 78.0 cm³/mol. The summed E-state index contributed by atoms with van der Waals surface area (Å²) in [6, 6.07) is 13.2. The van der Waals surface area contributed by atoms with Gasteiger partial charge in [-0.05, 0) is 53.9 Å². The predicted octanol–water partition coefficient (Wildman–Crippen LogP) is 2.63. The summed E-state index contributed by atoms with van der Waals surface area (Å²) in [4.78, 5) is 0. The van der Waals surface area contributed by atoms with Crippen LogP contribution in [0.3, 0.4) is 0 Å². The van der Waals surface area contributed by atoms with Gasteiger partial charge in [0.2, 0.25) is 0 Å². The van der Waals surface area contributed by atoms with Crippen molar-refractivity contribution in [3.63, 3.8) is 0 Å². The number of rotatable bonds is 4. The Morgan fingerprint density at radius 2 is 2.15 bits per heavy atom. The Balaban J connectivity index is 1.56. The molecule has 2 aromatic rings. The van der Waals surface area contributed by atoms with Gasteiger partial charge in [0.15, 0.2) is 0 Å². The highest BCUT2D eigenvalue weighted by Gasteiger charge is 2.56. The van der Waals surface area contributed by atoms with E-state index in [1.807, 2.05) is 12.1 Å². The summed E-state index contributed by atoms with van der Waals surface area (Å²) in [5, 5.41) is 0. The average Bonchev–Trinajstić information content (AvgIpc) is 3.00. The van der Waals surface area contributed by atoms with Crippen LogP contribution < -0.4 is 11.3 Å². The van der Waals surface area contributed by atoms with E-state index in [4.69, 9.17) is 10.3 Å². The smallest absolute Gasteiger partial charge is 0.105 e. The summed E-state index contributed by atoms with van der Waals surface area (Å²) in [5.41, 5.74) is 6.11. The summed E-state index contributed by atoms with van der Waals surface area (Å²) in [6.45, 7) is 0. The van der Waals surface area contributed by atoms with Crippen molar-refractivity contribution < 1.29 is 4.42 Å². The molecule has 1 aromatic heterocycles. The van der Waals surface area contributed by atoms with E-state index in [1.54, 1.807) is 11.8 Å². The lowest BCUT2D eigenvalue weighted by atomic mass is 9.92. The fraction of sp³-hybridized carbons (Fsp3) is 0.412. The van der Waals surface area contributed by atoms with Crippen LogP contribution in [0.25, 0.3) is 0 Å². The lowest BCUT2D eigenvalue weighted by molar-refractivity contribution is 0.399. The maximum absolute atomic E-state index is 5.81. The minimum atomic E-state index is 0.308. The van der Waals surface area contributed by atoms with E-state index in [-0.39, 0.29) is 0 Å². The van der Waals surface area contributed by atoms with Gasteiger partial charge in [-0.2, -0.15) is 0 Å². The second-order valence-electron chi connectivity index (χ2n) is 6.06. The molecule has 4 atom stereocenters. The summed E-state index contributed by atoms with van der Waals surface area (Å²) >= 11 is 0. The first kappa shape index (κ1) is 12.2. The van der Waals surface area contributed by atoms with Crippen LogP contribution in [-0.2, 0) is 12.8 Å². The van der Waals surface area contributed by atoms with Gasteiger partial charge in [0.1, 0.15) is 5.76 Å². The fourth-order valence-corrected chi connectivity index (χ4v) is 4.12. The Morgan fingerprint density at radius 3 is 2.95 bits per heavy atom. The topological polar surface area (TPSA) is 51.2 Å². The number of furan rings is 1. The molecule has 1 saturated carbocycles. The molecule has 3 nitrogen and oxygen atoms in total. The van der Waals surface area contributed by atoms with E-state index in [2.05, 4.69) is 29.7 Å². The first-order chi connectivity index (χ1) is 9.88. The van der Waals surface area contributed by atoms with Gasteiger partial charge in [0.25, 0.3) is 0 Å². The number of nitrogens with one attached hydrogen (secondary N) is 1. The molecule has 0 spiro atoms. The van der Waals surface area contributed by atoms with Crippen LogP contribution in [0.1, 0.15) is 29.2 Å². The van der Waals surface area contributed by atoms with Gasteiger partial charge in [0, 0.05) is 12.5 Å². The number of hydrazine groups is 1. The Kier molecular flexibility index (Phi) is 2.90. The van der Waals surface area contributed by atoms with Crippen molar-refractivity contribution in [3.05, 3.63) is 59.5 Å². The van der Waals surface area contributed by atoms with Crippen LogP contribution in [0, 0.1) is 11.8 Å². The molecule has 0 amide bonds. The third-order valence-electron chi connectivity index (χ3n) is 5.07. The largest absolute Gasteiger partial charge is 0.469 e. The van der Waals surface area contributed by atoms with Crippen molar-refractivity contribution in [2.24, 2.45) is 17.7 Å². The third-order valence-corrected chi connectivity index (χ3v) is 5.07. The van der Waals surface area contributed by atoms with Crippen molar-refractivity contribution in [1.29, 1.82) is 0 Å². The lowest BCUT2D eigenvalue weighted by Crippen LogP contribution is -2.39. The molecule has 0 bridgehead atoms. The van der Waals surface area contributed by atoms with Crippen LogP contribution in [0.5, 0.6) is 0 Å². The number of fused-ring (bicyclic) bond motifs is 3. The Morgan fingerprint density at radius 1 is 1.25 bits per heavy atom. The van der Waals surface area contributed by atoms with Crippen molar-refractivity contribution in [2.75, 3.05) is 0 Å². The number of hydrogen-bond acceptors (Lipinski definition) is 3. The quantitative estimate of drug-likeness (QED) is 0.662. The van der Waals surface area contributed by atoms with Crippen LogP contribution in [0.4, 0.5) is 0 Å². The molecule has 4 unspecified atom stereocenters. The molecule has 2 aliphatic carbocycles. The SMILES string of the molecule is NNC(Cc1ccco1)C1C2CCc3ccccc3C21. The summed E-state index contributed by atoms with van der Waals surface area (Å²) in [7, 11) is 0. The summed E-state index contributed by atoms with van der Waals surface area (Å²) in [5.74, 6) is 8.96. The van der Waals surface area contributed by atoms with Crippen molar-refractivity contribution in [3.8, 4) is 0 Å². The van der Waals surface area contributed by atoms with Crippen molar-refractivity contribution in [2.45, 2.75) is 31.2 Å². The monoisotopic (exact) mass is 268 g/mol. The van der Waals surface area contributed by atoms with Crippen molar-refractivity contribution in [1.82, 2.24) is 5.43 Å². The molecule has 4 rings (SSSR count). The average molecular weight is 268 g/mol. The van der Waals surface area contributed by atoms with E-state index in [0.29, 0.717) is 17.9 Å². The molecular weight excluding hydrogens is 248 g/mol. The van der Waals surface area contributed by atoms with Gasteiger partial charge in [-0.3, -0.25) is 11.3 Å². The molecular formula is C17H20N2O. The van der Waals surface area contributed by atoms with Crippen LogP contribution >= 0.6 is 0 Å². The van der Waals surface area contributed by atoms with E-state index in [9.17, 15) is 0 Å². The molecule has 3 heteroatoms. The van der Waals surface area contributed by atoms with Crippen LogP contribution in [0.15, 0.2) is 47.1 Å². The van der Waals surface area contributed by atoms with Gasteiger partial charge in [-0.1, -0.05) is 24.3 Å². The lowest BCUT2D eigenvalue weighted by Gasteiger charge is -2.15. The number of hydrogen-bond donors (Lipinski definition) is 2. The van der Waals surface area contributed by atoms with E-state index in [1.165, 1.54) is 18.4 Å². The van der Waals surface area contributed by atoms with E-state index in [0.717, 1.165) is 18.1 Å². The first-order valence-electron chi connectivity index (χ1n) is 7.45. The van der Waals surface area contributed by atoms with Crippen LogP contribution in [0.2, 0.25) is 0 Å². The zero-order valence-electron chi connectivity index (χ0n) is 11.5. The Bertz CT molecular complexity index is 593. The zero-order chi connectivity index (χ0) is 13.5. The first-order valence-corrected chi connectivity index (χ1v) is 7.45. The number of benzene rings is 1. The highest BCUT2D eigenvalue weighted by molar-refractivity contribution is 5.40. The summed E-state index contributed by atoms with van der Waals surface area (Å²) in [6.07, 6.45) is 5.12. The fourth-order valence-electron chi connectivity index (χ4n) is 4.12. The molecule has 3 N–H and O–H groups in total. The molecule has 104 valence electrons. The van der Waals surface area contributed by atoms with Gasteiger partial charge >= 0.3 is 0 Å². The number of aryl methyl sites for hydroxylation is 1. The van der Waals surface area contributed by atoms with Gasteiger partial charge in [-0.25, -0.2) is 0 Å². The molecule has 20 heavy (non-hydrogen) atoms. The Hall–Kier alpha value is -1.58. The maximum Gasteiger partial charge on any atom is 0.105 e. The molecule has 1 fully saturated rings. The second-order valence-corrected chi connectivity index (χ2v) is 6.06. The highest BCUT2D eigenvalue weighted by atomic mass is 16.3. The van der Waals surface area contributed by atoms with Gasteiger partial charge in [-0.15, -0.1) is 0 Å². The minimum Gasteiger partial charge on any atom is -0.469 e. The van der Waals surface area contributed by atoms with Crippen molar-refractivity contribution >= 4 is 0 Å². The second kappa shape index (κ2) is 4.76. The minimum absolute atomic E-state index is 0.308. The highest BCUT2D eigenvalue weighted by Crippen LogP contribution is 2.61. The number of nitrogens with two attached hydrogens (primary N) is 1. The Labute approximate surface area is 119 Å². The molecule has 0 saturated heterocycles. The third kappa shape index (κ3) is 1.89. The molecule has 1 heterocycles. The normalized spacial score (nSPS) is 28.6. The zero-order valence-corrected chi connectivity index (χ0v) is 11.5. The van der Waals surface area contributed by atoms with Gasteiger partial charge < -0.3 is 4.42 Å². The summed E-state index contributed by atoms with van der Waals surface area (Å²) < 4.78 is 5.47. The van der Waals surface area contributed by atoms with Crippen LogP contribution in [-0.4, -0.2) is 6.04 Å². The molecule has 2 aliphatic rings. The van der Waals surface area contributed by atoms with E-state index >= 15 is 0 Å². The van der Waals surface area contributed by atoms with Gasteiger partial charge in [0.05, 0.1) is 6.26 Å². The standard InChI is InChI=1S/C17H20N2O/c18-19-15(10-12-5-3-9-20-12)17-14-8-7-11-4-1-2-6-13(11)16(14)17/h1-6,9,14-17,19H,7-8,10,18H2. The molecule has 0 radical (unpaired) electrons. The molecule has 0 aliphatic heterocycles. The molecule has 1 aromatic carbocycles. The van der Waals surface area contributed by atoms with E-state index < -0.39 is 0 Å².